The van der Waals surface area contributed by atoms with Crippen molar-refractivity contribution < 1.29 is 9.53 Å². The van der Waals surface area contributed by atoms with Gasteiger partial charge < -0.3 is 10.5 Å². The fourth-order valence-electron chi connectivity index (χ4n) is 1.85. The minimum Gasteiger partial charge on any atom is -0.462 e. The summed E-state index contributed by atoms with van der Waals surface area (Å²) in [5.41, 5.74) is 7.05. The van der Waals surface area contributed by atoms with Crippen molar-refractivity contribution in [2.24, 2.45) is 5.73 Å². The molecule has 5 heteroatoms. The van der Waals surface area contributed by atoms with Gasteiger partial charge in [0.1, 0.15) is 0 Å². The minimum atomic E-state index is -0.297. The minimum absolute atomic E-state index is 0.297. The van der Waals surface area contributed by atoms with Crippen LogP contribution in [0.5, 0.6) is 0 Å². The van der Waals surface area contributed by atoms with Crippen LogP contribution < -0.4 is 5.73 Å². The quantitative estimate of drug-likeness (QED) is 0.814. The molecule has 0 unspecified atom stereocenters. The Morgan fingerprint density at radius 1 is 1.50 bits per heavy atom. The summed E-state index contributed by atoms with van der Waals surface area (Å²) < 4.78 is 6.87. The van der Waals surface area contributed by atoms with Gasteiger partial charge in [0.05, 0.1) is 23.9 Å². The predicted molar refractivity (Wildman–Crippen MR) is 69.4 cm³/mol. The second-order valence-electron chi connectivity index (χ2n) is 4.00. The number of nitrogens with zero attached hydrogens (tertiary/aromatic N) is 2. The number of hydrogen-bond acceptors (Lipinski definition) is 4. The molecule has 2 N–H and O–H groups in total. The van der Waals surface area contributed by atoms with Crippen molar-refractivity contribution in [1.82, 2.24) is 9.78 Å². The van der Waals surface area contributed by atoms with Gasteiger partial charge in [-0.2, -0.15) is 5.10 Å². The molecule has 0 saturated heterocycles. The maximum atomic E-state index is 11.6. The molecule has 0 atom stereocenters. The van der Waals surface area contributed by atoms with Crippen LogP contribution >= 0.6 is 0 Å². The van der Waals surface area contributed by atoms with Gasteiger partial charge in [-0.3, -0.25) is 4.68 Å². The smallest absolute Gasteiger partial charge is 0.338 e. The number of hydrogen-bond donors (Lipinski definition) is 1. The van der Waals surface area contributed by atoms with Gasteiger partial charge in [0, 0.05) is 11.9 Å². The Morgan fingerprint density at radius 2 is 2.33 bits per heavy atom. The van der Waals surface area contributed by atoms with Crippen molar-refractivity contribution in [2.45, 2.75) is 19.9 Å². The molecule has 5 nitrogen and oxygen atoms in total. The van der Waals surface area contributed by atoms with E-state index in [-0.39, 0.29) is 5.97 Å². The molecule has 1 aromatic heterocycles. The Hall–Kier alpha value is -1.88. The highest BCUT2D eigenvalue weighted by Gasteiger charge is 2.09. The van der Waals surface area contributed by atoms with Gasteiger partial charge in [-0.25, -0.2) is 4.79 Å². The molecule has 0 spiro atoms. The molecule has 0 saturated carbocycles. The van der Waals surface area contributed by atoms with Crippen LogP contribution in [0.2, 0.25) is 0 Å². The molecule has 0 aliphatic carbocycles. The van der Waals surface area contributed by atoms with Crippen molar-refractivity contribution in [1.29, 1.82) is 0 Å². The van der Waals surface area contributed by atoms with Crippen LogP contribution in [-0.2, 0) is 11.3 Å². The standard InChI is InChI=1S/C13H17N3O2/c1-2-18-13(17)10-4-5-12-11(8-10)9-15-16(12)7-3-6-14/h4-5,8-9H,2-3,6-7,14H2,1H3. The van der Waals surface area contributed by atoms with Gasteiger partial charge in [0.25, 0.3) is 0 Å². The lowest BCUT2D eigenvalue weighted by Crippen LogP contribution is -2.07. The van der Waals surface area contributed by atoms with E-state index < -0.39 is 0 Å². The van der Waals surface area contributed by atoms with Crippen LogP contribution in [0.1, 0.15) is 23.7 Å². The van der Waals surface area contributed by atoms with E-state index in [1.54, 1.807) is 25.3 Å². The lowest BCUT2D eigenvalue weighted by Gasteiger charge is -2.04. The van der Waals surface area contributed by atoms with Crippen molar-refractivity contribution in [3.8, 4) is 0 Å². The molecule has 0 amide bonds. The van der Waals surface area contributed by atoms with Crippen LogP contribution in [0.4, 0.5) is 0 Å². The summed E-state index contributed by atoms with van der Waals surface area (Å²) >= 11 is 0. The van der Waals surface area contributed by atoms with E-state index in [0.29, 0.717) is 18.7 Å². The molecular formula is C13H17N3O2. The van der Waals surface area contributed by atoms with Crippen molar-refractivity contribution in [3.05, 3.63) is 30.0 Å². The normalized spacial score (nSPS) is 10.8. The van der Waals surface area contributed by atoms with E-state index in [2.05, 4.69) is 5.10 Å². The second kappa shape index (κ2) is 5.64. The molecular weight excluding hydrogens is 230 g/mol. The number of ether oxygens (including phenoxy) is 1. The third kappa shape index (κ3) is 2.51. The fraction of sp³-hybridized carbons (Fsp3) is 0.385. The van der Waals surface area contributed by atoms with Crippen LogP contribution in [0.15, 0.2) is 24.4 Å². The average Bonchev–Trinajstić information content (AvgIpc) is 2.79. The summed E-state index contributed by atoms with van der Waals surface area (Å²) in [4.78, 5) is 11.6. The molecule has 2 aromatic rings. The first-order valence-electron chi connectivity index (χ1n) is 6.09. The molecule has 96 valence electrons. The second-order valence-corrected chi connectivity index (χ2v) is 4.00. The summed E-state index contributed by atoms with van der Waals surface area (Å²) in [5.74, 6) is -0.297. The zero-order valence-corrected chi connectivity index (χ0v) is 10.4. The van der Waals surface area contributed by atoms with E-state index in [4.69, 9.17) is 10.5 Å². The summed E-state index contributed by atoms with van der Waals surface area (Å²) in [5, 5.41) is 5.23. The number of esters is 1. The Kier molecular flexibility index (Phi) is 3.94. The number of rotatable bonds is 5. The number of nitrogens with two attached hydrogens (primary N) is 1. The van der Waals surface area contributed by atoms with Crippen molar-refractivity contribution >= 4 is 16.9 Å². The van der Waals surface area contributed by atoms with E-state index in [1.165, 1.54) is 0 Å². The van der Waals surface area contributed by atoms with Crippen LogP contribution in [-0.4, -0.2) is 28.9 Å². The maximum Gasteiger partial charge on any atom is 0.338 e. The monoisotopic (exact) mass is 247 g/mol. The Morgan fingerprint density at radius 3 is 3.06 bits per heavy atom. The first-order valence-corrected chi connectivity index (χ1v) is 6.09. The summed E-state index contributed by atoms with van der Waals surface area (Å²) in [6, 6.07) is 5.46. The van der Waals surface area contributed by atoms with E-state index >= 15 is 0 Å². The lowest BCUT2D eigenvalue weighted by atomic mass is 10.1. The third-order valence-corrected chi connectivity index (χ3v) is 2.73. The van der Waals surface area contributed by atoms with Crippen LogP contribution in [0, 0.1) is 0 Å². The SMILES string of the molecule is CCOC(=O)c1ccc2c(cnn2CCCN)c1. The van der Waals surface area contributed by atoms with Crippen molar-refractivity contribution in [3.63, 3.8) is 0 Å². The number of aryl methyl sites for hydroxylation is 1. The molecule has 1 heterocycles. The molecule has 0 bridgehead atoms. The number of benzene rings is 1. The first kappa shape index (κ1) is 12.6. The third-order valence-electron chi connectivity index (χ3n) is 2.73. The molecule has 2 rings (SSSR count). The van der Waals surface area contributed by atoms with Crippen LogP contribution in [0.3, 0.4) is 0 Å². The summed E-state index contributed by atoms with van der Waals surface area (Å²) in [7, 11) is 0. The molecule has 18 heavy (non-hydrogen) atoms. The Balaban J connectivity index is 2.27. The predicted octanol–water partition coefficient (Wildman–Crippen LogP) is 1.56. The molecule has 0 fully saturated rings. The average molecular weight is 247 g/mol. The highest BCUT2D eigenvalue weighted by Crippen LogP contribution is 2.16. The van der Waals surface area contributed by atoms with Gasteiger partial charge in [-0.1, -0.05) is 0 Å². The number of fused-ring (bicyclic) bond motifs is 1. The van der Waals surface area contributed by atoms with Gasteiger partial charge in [0.2, 0.25) is 0 Å². The topological polar surface area (TPSA) is 70.1 Å². The van der Waals surface area contributed by atoms with E-state index in [1.807, 2.05) is 10.7 Å². The van der Waals surface area contributed by atoms with Crippen molar-refractivity contribution in [2.75, 3.05) is 13.2 Å². The molecule has 0 aliphatic heterocycles. The largest absolute Gasteiger partial charge is 0.462 e. The highest BCUT2D eigenvalue weighted by molar-refractivity contribution is 5.94. The molecule has 0 radical (unpaired) electrons. The molecule has 0 aliphatic rings. The van der Waals surface area contributed by atoms with Gasteiger partial charge in [-0.05, 0) is 38.1 Å². The zero-order chi connectivity index (χ0) is 13.0. The number of aromatic nitrogens is 2. The number of carbonyl (C=O) groups excluding carboxylic acids is 1. The van der Waals surface area contributed by atoms with E-state index in [0.717, 1.165) is 23.9 Å². The first-order chi connectivity index (χ1) is 8.76. The molecule has 1 aromatic carbocycles. The summed E-state index contributed by atoms with van der Waals surface area (Å²) in [6.07, 6.45) is 2.64. The van der Waals surface area contributed by atoms with Gasteiger partial charge in [-0.15, -0.1) is 0 Å². The Labute approximate surface area is 106 Å². The van der Waals surface area contributed by atoms with E-state index in [9.17, 15) is 4.79 Å². The lowest BCUT2D eigenvalue weighted by molar-refractivity contribution is 0.0526. The zero-order valence-electron chi connectivity index (χ0n) is 10.4. The summed E-state index contributed by atoms with van der Waals surface area (Å²) in [6.45, 7) is 3.61. The van der Waals surface area contributed by atoms with Crippen LogP contribution in [0.25, 0.3) is 10.9 Å². The fourth-order valence-corrected chi connectivity index (χ4v) is 1.85. The van der Waals surface area contributed by atoms with Gasteiger partial charge in [0.15, 0.2) is 0 Å². The number of carbonyl (C=O) groups is 1. The maximum absolute atomic E-state index is 11.6. The Bertz CT molecular complexity index is 548. The highest BCUT2D eigenvalue weighted by atomic mass is 16.5. The van der Waals surface area contributed by atoms with Gasteiger partial charge >= 0.3 is 5.97 Å².